The number of hydrogen-bond acceptors (Lipinski definition) is 4. The van der Waals surface area contributed by atoms with Gasteiger partial charge < -0.3 is 20.1 Å². The number of aliphatic hydroxyl groups excluding tert-OH is 1. The fraction of sp³-hybridized carbons (Fsp3) is 0.917. The molecule has 0 bridgehead atoms. The second kappa shape index (κ2) is 4.14. The number of nitrogens with zero attached hydrogens (tertiary/aromatic N) is 1. The summed E-state index contributed by atoms with van der Waals surface area (Å²) in [4.78, 5) is 13.5. The standard InChI is InChI=1S/C12H22N2O3/c1-11(2,3)17-10(16)14-7-12(8-14)6-9(15)4-5-13-12/h9,13,15H,4-8H2,1-3H3. The van der Waals surface area contributed by atoms with Crippen molar-refractivity contribution in [3.05, 3.63) is 0 Å². The summed E-state index contributed by atoms with van der Waals surface area (Å²) in [6.07, 6.45) is 1.03. The number of carbonyl (C=O) groups excluding carboxylic acids is 1. The third-order valence-corrected chi connectivity index (χ3v) is 3.24. The van der Waals surface area contributed by atoms with Crippen LogP contribution in [0.1, 0.15) is 33.6 Å². The predicted molar refractivity (Wildman–Crippen MR) is 63.8 cm³/mol. The molecule has 0 saturated carbocycles. The van der Waals surface area contributed by atoms with Crippen molar-refractivity contribution in [2.24, 2.45) is 0 Å². The van der Waals surface area contributed by atoms with Gasteiger partial charge >= 0.3 is 6.09 Å². The Bertz CT molecular complexity index is 305. The smallest absolute Gasteiger partial charge is 0.410 e. The molecule has 2 rings (SSSR count). The Morgan fingerprint density at radius 2 is 2.12 bits per heavy atom. The summed E-state index contributed by atoms with van der Waals surface area (Å²) in [5.74, 6) is 0. The molecule has 1 amide bonds. The van der Waals surface area contributed by atoms with Crippen LogP contribution in [0.5, 0.6) is 0 Å². The van der Waals surface area contributed by atoms with Gasteiger partial charge in [-0.05, 0) is 40.2 Å². The Kier molecular flexibility index (Phi) is 3.08. The van der Waals surface area contributed by atoms with E-state index in [0.29, 0.717) is 13.1 Å². The summed E-state index contributed by atoms with van der Waals surface area (Å²) >= 11 is 0. The van der Waals surface area contributed by atoms with E-state index in [9.17, 15) is 9.90 Å². The largest absolute Gasteiger partial charge is 0.444 e. The molecule has 0 aromatic rings. The van der Waals surface area contributed by atoms with Crippen molar-refractivity contribution in [2.45, 2.75) is 50.9 Å². The molecule has 5 nitrogen and oxygen atoms in total. The number of nitrogens with one attached hydrogen (secondary N) is 1. The normalized spacial score (nSPS) is 27.8. The molecule has 0 aliphatic carbocycles. The van der Waals surface area contributed by atoms with Gasteiger partial charge in [-0.2, -0.15) is 0 Å². The van der Waals surface area contributed by atoms with E-state index in [4.69, 9.17) is 4.74 Å². The number of likely N-dealkylation sites (tertiary alicyclic amines) is 1. The zero-order valence-corrected chi connectivity index (χ0v) is 10.8. The fourth-order valence-corrected chi connectivity index (χ4v) is 2.51. The number of carbonyl (C=O) groups is 1. The van der Waals surface area contributed by atoms with Gasteiger partial charge in [-0.3, -0.25) is 0 Å². The van der Waals surface area contributed by atoms with Gasteiger partial charge in [0.25, 0.3) is 0 Å². The summed E-state index contributed by atoms with van der Waals surface area (Å²) in [7, 11) is 0. The molecule has 1 spiro atoms. The van der Waals surface area contributed by atoms with Crippen LogP contribution in [0, 0.1) is 0 Å². The number of aliphatic hydroxyl groups is 1. The van der Waals surface area contributed by atoms with Crippen molar-refractivity contribution in [2.75, 3.05) is 19.6 Å². The summed E-state index contributed by atoms with van der Waals surface area (Å²) in [6.45, 7) is 7.69. The van der Waals surface area contributed by atoms with Crippen molar-refractivity contribution in [1.29, 1.82) is 0 Å². The predicted octanol–water partition coefficient (Wildman–Crippen LogP) is 0.720. The number of piperidine rings is 1. The van der Waals surface area contributed by atoms with Crippen molar-refractivity contribution in [3.63, 3.8) is 0 Å². The Morgan fingerprint density at radius 3 is 2.65 bits per heavy atom. The van der Waals surface area contributed by atoms with Gasteiger partial charge in [0.05, 0.1) is 11.6 Å². The van der Waals surface area contributed by atoms with Gasteiger partial charge in [-0.1, -0.05) is 0 Å². The molecule has 2 N–H and O–H groups in total. The number of rotatable bonds is 0. The summed E-state index contributed by atoms with van der Waals surface area (Å²) in [6, 6.07) is 0. The fourth-order valence-electron chi connectivity index (χ4n) is 2.51. The van der Waals surface area contributed by atoms with Gasteiger partial charge in [0.15, 0.2) is 0 Å². The Labute approximate surface area is 102 Å². The molecular weight excluding hydrogens is 220 g/mol. The van der Waals surface area contributed by atoms with E-state index in [1.54, 1.807) is 4.90 Å². The third-order valence-electron chi connectivity index (χ3n) is 3.24. The van der Waals surface area contributed by atoms with Crippen LogP contribution in [0.2, 0.25) is 0 Å². The maximum Gasteiger partial charge on any atom is 0.410 e. The van der Waals surface area contributed by atoms with Crippen LogP contribution in [0.25, 0.3) is 0 Å². The zero-order valence-electron chi connectivity index (χ0n) is 10.8. The lowest BCUT2D eigenvalue weighted by Gasteiger charge is -2.53. The molecule has 2 saturated heterocycles. The minimum Gasteiger partial charge on any atom is -0.444 e. The number of hydrogen-bond donors (Lipinski definition) is 2. The average Bonchev–Trinajstić information content (AvgIpc) is 2.10. The molecule has 2 aliphatic heterocycles. The van der Waals surface area contributed by atoms with Crippen molar-refractivity contribution < 1.29 is 14.6 Å². The number of ether oxygens (including phenoxy) is 1. The zero-order chi connectivity index (χ0) is 12.7. The molecule has 1 atom stereocenters. The first kappa shape index (κ1) is 12.6. The van der Waals surface area contributed by atoms with E-state index in [0.717, 1.165) is 19.4 Å². The molecule has 0 radical (unpaired) electrons. The second-order valence-electron chi connectivity index (χ2n) is 6.19. The van der Waals surface area contributed by atoms with Gasteiger partial charge in [-0.15, -0.1) is 0 Å². The molecular formula is C12H22N2O3. The molecule has 1 unspecified atom stereocenters. The topological polar surface area (TPSA) is 61.8 Å². The van der Waals surface area contributed by atoms with Crippen LogP contribution in [0.3, 0.4) is 0 Å². The first-order chi connectivity index (χ1) is 7.80. The van der Waals surface area contributed by atoms with Gasteiger partial charge in [0.2, 0.25) is 0 Å². The van der Waals surface area contributed by atoms with E-state index in [1.165, 1.54) is 0 Å². The lowest BCUT2D eigenvalue weighted by molar-refractivity contribution is -0.0417. The summed E-state index contributed by atoms with van der Waals surface area (Å²) in [5.41, 5.74) is -0.520. The molecule has 0 aromatic heterocycles. The van der Waals surface area contributed by atoms with E-state index in [2.05, 4.69) is 5.32 Å². The van der Waals surface area contributed by atoms with Crippen LogP contribution in [-0.2, 0) is 4.74 Å². The first-order valence-corrected chi connectivity index (χ1v) is 6.21. The Balaban J connectivity index is 1.83. The third kappa shape index (κ3) is 2.90. The summed E-state index contributed by atoms with van der Waals surface area (Å²) in [5, 5.41) is 13.0. The van der Waals surface area contributed by atoms with Crippen molar-refractivity contribution in [1.82, 2.24) is 10.2 Å². The van der Waals surface area contributed by atoms with E-state index in [1.807, 2.05) is 20.8 Å². The lowest BCUT2D eigenvalue weighted by atomic mass is 9.81. The average molecular weight is 242 g/mol. The van der Waals surface area contributed by atoms with Crippen LogP contribution >= 0.6 is 0 Å². The maximum atomic E-state index is 11.8. The highest BCUT2D eigenvalue weighted by molar-refractivity contribution is 5.69. The van der Waals surface area contributed by atoms with Gasteiger partial charge in [-0.25, -0.2) is 4.79 Å². The van der Waals surface area contributed by atoms with Crippen molar-refractivity contribution in [3.8, 4) is 0 Å². The van der Waals surface area contributed by atoms with Gasteiger partial charge in [0, 0.05) is 13.1 Å². The van der Waals surface area contributed by atoms with Crippen LogP contribution in [0.15, 0.2) is 0 Å². The first-order valence-electron chi connectivity index (χ1n) is 6.21. The molecule has 5 heteroatoms. The molecule has 17 heavy (non-hydrogen) atoms. The van der Waals surface area contributed by atoms with E-state index in [-0.39, 0.29) is 17.7 Å². The molecule has 98 valence electrons. The SMILES string of the molecule is CC(C)(C)OC(=O)N1CC2(CC(O)CCN2)C1. The quantitative estimate of drug-likeness (QED) is 0.657. The van der Waals surface area contributed by atoms with E-state index < -0.39 is 5.60 Å². The molecule has 0 aromatic carbocycles. The molecule has 2 fully saturated rings. The highest BCUT2D eigenvalue weighted by Crippen LogP contribution is 2.30. The minimum absolute atomic E-state index is 0.0748. The maximum absolute atomic E-state index is 11.8. The van der Waals surface area contributed by atoms with Crippen LogP contribution in [0.4, 0.5) is 4.79 Å². The lowest BCUT2D eigenvalue weighted by Crippen LogP contribution is -2.73. The Hall–Kier alpha value is -0.810. The highest BCUT2D eigenvalue weighted by atomic mass is 16.6. The van der Waals surface area contributed by atoms with Gasteiger partial charge in [0.1, 0.15) is 5.60 Å². The van der Waals surface area contributed by atoms with Crippen LogP contribution < -0.4 is 5.32 Å². The molecule has 2 heterocycles. The number of amides is 1. The highest BCUT2D eigenvalue weighted by Gasteiger charge is 2.48. The minimum atomic E-state index is -0.445. The van der Waals surface area contributed by atoms with Crippen LogP contribution in [-0.4, -0.2) is 53.0 Å². The summed E-state index contributed by atoms with van der Waals surface area (Å²) < 4.78 is 5.30. The Morgan fingerprint density at radius 1 is 1.47 bits per heavy atom. The van der Waals surface area contributed by atoms with Crippen molar-refractivity contribution >= 4 is 6.09 Å². The van der Waals surface area contributed by atoms with E-state index >= 15 is 0 Å². The second-order valence-corrected chi connectivity index (χ2v) is 6.19. The molecule has 2 aliphatic rings. The monoisotopic (exact) mass is 242 g/mol.